The highest BCUT2D eigenvalue weighted by Crippen LogP contribution is 2.45. The molecule has 1 saturated carbocycles. The van der Waals surface area contributed by atoms with Gasteiger partial charge >= 0.3 is 0 Å². The predicted octanol–water partition coefficient (Wildman–Crippen LogP) is 3.69. The molecular weight excluding hydrogens is 400 g/mol. The summed E-state index contributed by atoms with van der Waals surface area (Å²) in [5.74, 6) is 0.734. The van der Waals surface area contributed by atoms with Crippen LogP contribution < -0.4 is 0 Å². The third-order valence-corrected chi connectivity index (χ3v) is 6.87. The molecule has 0 N–H and O–H groups in total. The lowest BCUT2D eigenvalue weighted by molar-refractivity contribution is -0.131. The number of carbonyl (C=O) groups excluding carboxylic acids is 1. The Bertz CT molecular complexity index is 1250. The van der Waals surface area contributed by atoms with Gasteiger partial charge in [0, 0.05) is 79.7 Å². The minimum atomic E-state index is 0.171. The van der Waals surface area contributed by atoms with E-state index in [-0.39, 0.29) is 5.91 Å². The zero-order chi connectivity index (χ0) is 21.8. The van der Waals surface area contributed by atoms with E-state index in [0.29, 0.717) is 25.4 Å². The lowest BCUT2D eigenvalue weighted by atomic mass is 9.97. The highest BCUT2D eigenvalue weighted by atomic mass is 16.2. The third-order valence-electron chi connectivity index (χ3n) is 6.87. The zero-order valence-electron chi connectivity index (χ0n) is 18.7. The number of nitrogens with zero attached hydrogens (tertiary/aromatic N) is 6. The molecule has 4 bridgehead atoms. The van der Waals surface area contributed by atoms with Crippen LogP contribution in [0.1, 0.15) is 66.7 Å². The summed E-state index contributed by atoms with van der Waals surface area (Å²) in [6.07, 6.45) is 13.1. The summed E-state index contributed by atoms with van der Waals surface area (Å²) in [6, 6.07) is 2.26. The third kappa shape index (κ3) is 3.27. The molecule has 6 rings (SSSR count). The quantitative estimate of drug-likeness (QED) is 0.624. The van der Waals surface area contributed by atoms with Gasteiger partial charge in [0.05, 0.1) is 23.6 Å². The van der Waals surface area contributed by atoms with Gasteiger partial charge in [-0.1, -0.05) is 6.08 Å². The fourth-order valence-electron chi connectivity index (χ4n) is 5.02. The number of pyridine rings is 1. The van der Waals surface area contributed by atoms with Crippen molar-refractivity contribution in [3.8, 4) is 11.1 Å². The van der Waals surface area contributed by atoms with Crippen molar-refractivity contribution >= 4 is 11.5 Å². The van der Waals surface area contributed by atoms with E-state index in [1.165, 1.54) is 35.2 Å². The first-order chi connectivity index (χ1) is 15.6. The van der Waals surface area contributed by atoms with Gasteiger partial charge in [-0.05, 0) is 37.8 Å². The Labute approximate surface area is 187 Å². The number of fused-ring (bicyclic) bond motifs is 6. The Balaban J connectivity index is 1.51. The standard InChI is InChI=1S/C25H28N6O/c1-3-30-15-23-20(13-29(2)27-23)17-11-19-18(8-9-22(19)26-12-17)21-14-31(10-4-5-24(30)32)28-25(21)16-6-7-16/h8,11-14,16H,3-7,9-10,15H2,1-2H3. The van der Waals surface area contributed by atoms with Crippen LogP contribution in [0.4, 0.5) is 0 Å². The number of hydrogen-bond acceptors (Lipinski definition) is 4. The first-order valence-corrected chi connectivity index (χ1v) is 11.7. The molecular formula is C25H28N6O. The molecule has 0 atom stereocenters. The average molecular weight is 429 g/mol. The van der Waals surface area contributed by atoms with Crippen LogP contribution in [-0.2, 0) is 31.4 Å². The van der Waals surface area contributed by atoms with Crippen LogP contribution in [0.5, 0.6) is 0 Å². The molecule has 0 saturated heterocycles. The molecule has 7 nitrogen and oxygen atoms in total. The summed E-state index contributed by atoms with van der Waals surface area (Å²) >= 11 is 0. The van der Waals surface area contributed by atoms with Crippen molar-refractivity contribution in [2.45, 2.75) is 58.0 Å². The lowest BCUT2D eigenvalue weighted by Gasteiger charge is -2.20. The van der Waals surface area contributed by atoms with Gasteiger partial charge in [0.25, 0.3) is 0 Å². The summed E-state index contributed by atoms with van der Waals surface area (Å²) in [5.41, 5.74) is 9.07. The van der Waals surface area contributed by atoms with Crippen molar-refractivity contribution in [2.75, 3.05) is 6.54 Å². The molecule has 0 aromatic carbocycles. The van der Waals surface area contributed by atoms with E-state index < -0.39 is 0 Å². The molecule has 1 amide bonds. The molecule has 1 fully saturated rings. The first-order valence-electron chi connectivity index (χ1n) is 11.7. The van der Waals surface area contributed by atoms with Gasteiger partial charge in [-0.3, -0.25) is 19.1 Å². The summed E-state index contributed by atoms with van der Waals surface area (Å²) in [6.45, 7) is 3.98. The van der Waals surface area contributed by atoms with E-state index in [1.54, 1.807) is 0 Å². The fourth-order valence-corrected chi connectivity index (χ4v) is 5.02. The van der Waals surface area contributed by atoms with Gasteiger partial charge in [0.15, 0.2) is 0 Å². The van der Waals surface area contributed by atoms with Gasteiger partial charge in [0.2, 0.25) is 5.91 Å². The van der Waals surface area contributed by atoms with E-state index in [1.807, 2.05) is 35.9 Å². The maximum atomic E-state index is 13.0. The van der Waals surface area contributed by atoms with Gasteiger partial charge in [-0.2, -0.15) is 10.2 Å². The highest BCUT2D eigenvalue weighted by Gasteiger charge is 2.32. The van der Waals surface area contributed by atoms with Crippen molar-refractivity contribution in [1.82, 2.24) is 29.4 Å². The maximum Gasteiger partial charge on any atom is 0.222 e. The molecule has 4 heterocycles. The Morgan fingerprint density at radius 3 is 2.78 bits per heavy atom. The van der Waals surface area contributed by atoms with Crippen LogP contribution in [0, 0.1) is 0 Å². The number of carbonyl (C=O) groups is 1. The number of aryl methyl sites for hydroxylation is 2. The van der Waals surface area contributed by atoms with Crippen LogP contribution in [0.25, 0.3) is 16.7 Å². The second-order valence-electron chi connectivity index (χ2n) is 9.18. The minimum absolute atomic E-state index is 0.171. The maximum absolute atomic E-state index is 13.0. The van der Waals surface area contributed by atoms with E-state index >= 15 is 0 Å². The summed E-state index contributed by atoms with van der Waals surface area (Å²) in [4.78, 5) is 19.7. The number of allylic oxidation sites excluding steroid dienone is 1. The molecule has 32 heavy (non-hydrogen) atoms. The van der Waals surface area contributed by atoms with Gasteiger partial charge in [0.1, 0.15) is 0 Å². The molecule has 164 valence electrons. The van der Waals surface area contributed by atoms with Gasteiger partial charge < -0.3 is 4.90 Å². The smallest absolute Gasteiger partial charge is 0.222 e. The van der Waals surface area contributed by atoms with Crippen molar-refractivity contribution < 1.29 is 4.79 Å². The molecule has 0 unspecified atom stereocenters. The minimum Gasteiger partial charge on any atom is -0.337 e. The largest absolute Gasteiger partial charge is 0.337 e. The molecule has 3 aliphatic rings. The number of rotatable bonds is 2. The van der Waals surface area contributed by atoms with Crippen LogP contribution in [0.3, 0.4) is 0 Å². The number of amides is 1. The van der Waals surface area contributed by atoms with E-state index in [9.17, 15) is 4.79 Å². The zero-order valence-corrected chi connectivity index (χ0v) is 18.7. The molecule has 2 aliphatic carbocycles. The monoisotopic (exact) mass is 428 g/mol. The topological polar surface area (TPSA) is 68.8 Å². The Hall–Kier alpha value is -3.22. The van der Waals surface area contributed by atoms with Crippen LogP contribution in [0.15, 0.2) is 30.7 Å². The Morgan fingerprint density at radius 1 is 1.09 bits per heavy atom. The summed E-state index contributed by atoms with van der Waals surface area (Å²) in [7, 11) is 1.94. The Morgan fingerprint density at radius 2 is 1.97 bits per heavy atom. The predicted molar refractivity (Wildman–Crippen MR) is 122 cm³/mol. The molecule has 1 aliphatic heterocycles. The van der Waals surface area contributed by atoms with Crippen molar-refractivity contribution in [2.24, 2.45) is 7.05 Å². The summed E-state index contributed by atoms with van der Waals surface area (Å²) < 4.78 is 3.89. The average Bonchev–Trinajstić information content (AvgIpc) is 3.24. The Kier molecular flexibility index (Phi) is 4.52. The van der Waals surface area contributed by atoms with Crippen molar-refractivity contribution in [1.29, 1.82) is 0 Å². The summed E-state index contributed by atoms with van der Waals surface area (Å²) in [5, 5.41) is 9.67. The highest BCUT2D eigenvalue weighted by molar-refractivity contribution is 5.87. The number of hydrogen-bond donors (Lipinski definition) is 0. The molecule has 3 aromatic heterocycles. The van der Waals surface area contributed by atoms with E-state index in [0.717, 1.165) is 41.9 Å². The molecule has 3 aromatic rings. The van der Waals surface area contributed by atoms with Crippen molar-refractivity contribution in [3.05, 3.63) is 58.9 Å². The van der Waals surface area contributed by atoms with E-state index in [4.69, 9.17) is 15.2 Å². The van der Waals surface area contributed by atoms with E-state index in [2.05, 4.69) is 23.0 Å². The first kappa shape index (κ1) is 19.5. The van der Waals surface area contributed by atoms with Gasteiger partial charge in [-0.15, -0.1) is 0 Å². The molecule has 7 heteroatoms. The van der Waals surface area contributed by atoms with Crippen LogP contribution >= 0.6 is 0 Å². The second kappa shape index (κ2) is 7.43. The SMILES string of the molecule is CCN1Cc2nn(C)cc2-c2cnc3c(c2)C(=CC3)c2cn(nc2C2CC2)CCCC1=O. The van der Waals surface area contributed by atoms with Crippen LogP contribution in [0.2, 0.25) is 0 Å². The van der Waals surface area contributed by atoms with Crippen molar-refractivity contribution in [3.63, 3.8) is 0 Å². The molecule has 0 radical (unpaired) electrons. The van der Waals surface area contributed by atoms with Gasteiger partial charge in [-0.25, -0.2) is 0 Å². The fraction of sp³-hybridized carbons (Fsp3) is 0.440. The lowest BCUT2D eigenvalue weighted by Crippen LogP contribution is -2.30. The normalized spacial score (nSPS) is 18.2. The van der Waals surface area contributed by atoms with Crippen LogP contribution in [-0.4, -0.2) is 41.9 Å². The number of aromatic nitrogens is 5. The second-order valence-corrected chi connectivity index (χ2v) is 9.18. The molecule has 0 spiro atoms.